The summed E-state index contributed by atoms with van der Waals surface area (Å²) in [6.45, 7) is 3.99. The number of aryl methyl sites for hydroxylation is 2. The van der Waals surface area contributed by atoms with Crippen molar-refractivity contribution < 1.29 is 13.0 Å². The van der Waals surface area contributed by atoms with Crippen molar-refractivity contribution in [1.82, 2.24) is 0 Å². The van der Waals surface area contributed by atoms with Gasteiger partial charge < -0.3 is 0 Å². The highest BCUT2D eigenvalue weighted by Crippen LogP contribution is 2.28. The molecule has 96 valence electrons. The standard InChI is InChI=1S/C14H16O3S/c1-3-10-8-13-11(4-2)6-5-7-12(13)14(9-10)18(15,16)17/h5-9H,3-4H2,1-2H3,(H,15,16,17). The molecule has 0 fully saturated rings. The molecular weight excluding hydrogens is 248 g/mol. The van der Waals surface area contributed by atoms with Gasteiger partial charge >= 0.3 is 0 Å². The Kier molecular flexibility index (Phi) is 3.41. The largest absolute Gasteiger partial charge is 0.295 e. The van der Waals surface area contributed by atoms with Gasteiger partial charge in [-0.1, -0.05) is 38.1 Å². The van der Waals surface area contributed by atoms with E-state index in [1.54, 1.807) is 12.1 Å². The molecule has 0 saturated heterocycles. The van der Waals surface area contributed by atoms with Gasteiger partial charge in [0.15, 0.2) is 0 Å². The maximum Gasteiger partial charge on any atom is 0.295 e. The van der Waals surface area contributed by atoms with E-state index in [-0.39, 0.29) is 4.90 Å². The fourth-order valence-electron chi connectivity index (χ4n) is 2.20. The molecule has 0 aromatic heterocycles. The lowest BCUT2D eigenvalue weighted by Crippen LogP contribution is -2.01. The fourth-order valence-corrected chi connectivity index (χ4v) is 2.95. The molecule has 3 nitrogen and oxygen atoms in total. The predicted octanol–water partition coefficient (Wildman–Crippen LogP) is 3.21. The Balaban J connectivity index is 2.94. The summed E-state index contributed by atoms with van der Waals surface area (Å²) in [7, 11) is -4.19. The van der Waals surface area contributed by atoms with Crippen molar-refractivity contribution >= 4 is 20.9 Å². The van der Waals surface area contributed by atoms with Crippen molar-refractivity contribution in [3.05, 3.63) is 41.5 Å². The molecular formula is C14H16O3S. The van der Waals surface area contributed by atoms with Crippen LogP contribution in [0.3, 0.4) is 0 Å². The third-order valence-corrected chi connectivity index (χ3v) is 4.07. The third kappa shape index (κ3) is 2.26. The summed E-state index contributed by atoms with van der Waals surface area (Å²) >= 11 is 0. The van der Waals surface area contributed by atoms with E-state index in [0.29, 0.717) is 5.39 Å². The van der Waals surface area contributed by atoms with Gasteiger partial charge in [0.1, 0.15) is 4.90 Å². The highest BCUT2D eigenvalue weighted by Gasteiger charge is 2.16. The summed E-state index contributed by atoms with van der Waals surface area (Å²) in [5.41, 5.74) is 2.00. The minimum Gasteiger partial charge on any atom is -0.282 e. The second kappa shape index (κ2) is 4.71. The third-order valence-electron chi connectivity index (χ3n) is 3.18. The molecule has 0 radical (unpaired) electrons. The lowest BCUT2D eigenvalue weighted by atomic mass is 9.99. The van der Waals surface area contributed by atoms with Crippen molar-refractivity contribution in [2.75, 3.05) is 0 Å². The summed E-state index contributed by atoms with van der Waals surface area (Å²) in [6, 6.07) is 9.09. The molecule has 0 spiro atoms. The number of hydrogen-bond donors (Lipinski definition) is 1. The van der Waals surface area contributed by atoms with E-state index in [1.807, 2.05) is 32.0 Å². The minimum absolute atomic E-state index is 0.00662. The first-order valence-electron chi connectivity index (χ1n) is 5.99. The van der Waals surface area contributed by atoms with E-state index in [4.69, 9.17) is 0 Å². The second-order valence-corrected chi connectivity index (χ2v) is 5.68. The second-order valence-electron chi connectivity index (χ2n) is 4.29. The molecule has 0 amide bonds. The van der Waals surface area contributed by atoms with Crippen LogP contribution in [0.5, 0.6) is 0 Å². The zero-order valence-electron chi connectivity index (χ0n) is 10.5. The van der Waals surface area contributed by atoms with Gasteiger partial charge in [0.05, 0.1) is 0 Å². The van der Waals surface area contributed by atoms with E-state index in [1.165, 1.54) is 0 Å². The Labute approximate surface area is 107 Å². The van der Waals surface area contributed by atoms with Crippen molar-refractivity contribution in [2.45, 2.75) is 31.6 Å². The summed E-state index contributed by atoms with van der Waals surface area (Å²) in [5.74, 6) is 0. The lowest BCUT2D eigenvalue weighted by molar-refractivity contribution is 0.484. The van der Waals surface area contributed by atoms with Gasteiger partial charge in [-0.25, -0.2) is 0 Å². The average molecular weight is 264 g/mol. The maximum atomic E-state index is 11.5. The molecule has 0 heterocycles. The van der Waals surface area contributed by atoms with Crippen LogP contribution in [0.1, 0.15) is 25.0 Å². The summed E-state index contributed by atoms with van der Waals surface area (Å²) in [5, 5.41) is 1.50. The van der Waals surface area contributed by atoms with Crippen LogP contribution >= 0.6 is 0 Å². The van der Waals surface area contributed by atoms with Crippen LogP contribution in [0, 0.1) is 0 Å². The SMILES string of the molecule is CCc1cc(S(=O)(=O)O)c2cccc(CC)c2c1. The Morgan fingerprint density at radius 3 is 2.33 bits per heavy atom. The molecule has 4 heteroatoms. The van der Waals surface area contributed by atoms with Gasteiger partial charge in [0, 0.05) is 5.39 Å². The first-order valence-corrected chi connectivity index (χ1v) is 7.43. The molecule has 0 saturated carbocycles. The van der Waals surface area contributed by atoms with Crippen molar-refractivity contribution in [3.8, 4) is 0 Å². The number of rotatable bonds is 3. The highest BCUT2D eigenvalue weighted by atomic mass is 32.2. The monoisotopic (exact) mass is 264 g/mol. The molecule has 0 aliphatic carbocycles. The van der Waals surface area contributed by atoms with Crippen LogP contribution in [0.15, 0.2) is 35.2 Å². The van der Waals surface area contributed by atoms with E-state index in [0.717, 1.165) is 29.4 Å². The molecule has 0 unspecified atom stereocenters. The quantitative estimate of drug-likeness (QED) is 0.866. The van der Waals surface area contributed by atoms with Gasteiger partial charge in [-0.05, 0) is 35.4 Å². The summed E-state index contributed by atoms with van der Waals surface area (Å²) < 4.78 is 32.3. The van der Waals surface area contributed by atoms with E-state index in [9.17, 15) is 13.0 Å². The predicted molar refractivity (Wildman–Crippen MR) is 72.5 cm³/mol. The number of hydrogen-bond acceptors (Lipinski definition) is 2. The van der Waals surface area contributed by atoms with Crippen LogP contribution in [-0.2, 0) is 23.0 Å². The number of benzene rings is 2. The maximum absolute atomic E-state index is 11.5. The van der Waals surface area contributed by atoms with E-state index < -0.39 is 10.1 Å². The van der Waals surface area contributed by atoms with Gasteiger partial charge in [0.25, 0.3) is 10.1 Å². The molecule has 2 rings (SSSR count). The smallest absolute Gasteiger partial charge is 0.282 e. The van der Waals surface area contributed by atoms with Crippen LogP contribution < -0.4 is 0 Å². The van der Waals surface area contributed by atoms with Crippen LogP contribution in [0.4, 0.5) is 0 Å². The summed E-state index contributed by atoms with van der Waals surface area (Å²) in [6.07, 6.45) is 1.56. The van der Waals surface area contributed by atoms with E-state index >= 15 is 0 Å². The number of fused-ring (bicyclic) bond motifs is 1. The van der Waals surface area contributed by atoms with Crippen molar-refractivity contribution in [1.29, 1.82) is 0 Å². The van der Waals surface area contributed by atoms with Crippen LogP contribution in [0.2, 0.25) is 0 Å². The topological polar surface area (TPSA) is 54.4 Å². The van der Waals surface area contributed by atoms with Gasteiger partial charge in [-0.15, -0.1) is 0 Å². The fraction of sp³-hybridized carbons (Fsp3) is 0.286. The van der Waals surface area contributed by atoms with Gasteiger partial charge in [0.2, 0.25) is 0 Å². The van der Waals surface area contributed by atoms with Gasteiger partial charge in [-0.2, -0.15) is 8.42 Å². The van der Waals surface area contributed by atoms with Crippen molar-refractivity contribution in [2.24, 2.45) is 0 Å². The molecule has 0 bridgehead atoms. The Hall–Kier alpha value is -1.39. The first kappa shape index (κ1) is 13.1. The van der Waals surface area contributed by atoms with Crippen LogP contribution in [-0.4, -0.2) is 13.0 Å². The Morgan fingerprint density at radius 1 is 1.06 bits per heavy atom. The Morgan fingerprint density at radius 2 is 1.78 bits per heavy atom. The lowest BCUT2D eigenvalue weighted by Gasteiger charge is -2.10. The first-order chi connectivity index (χ1) is 8.47. The Bertz CT molecular complexity index is 687. The normalized spacial score (nSPS) is 11.9. The molecule has 2 aromatic rings. The zero-order chi connectivity index (χ0) is 13.3. The molecule has 0 aliphatic rings. The van der Waals surface area contributed by atoms with Crippen molar-refractivity contribution in [3.63, 3.8) is 0 Å². The van der Waals surface area contributed by atoms with Crippen LogP contribution in [0.25, 0.3) is 10.8 Å². The summed E-state index contributed by atoms with van der Waals surface area (Å²) in [4.78, 5) is 0.00662. The highest BCUT2D eigenvalue weighted by molar-refractivity contribution is 7.86. The average Bonchev–Trinajstić information content (AvgIpc) is 2.35. The molecule has 0 atom stereocenters. The molecule has 0 aliphatic heterocycles. The molecule has 2 aromatic carbocycles. The molecule has 1 N–H and O–H groups in total. The molecule has 18 heavy (non-hydrogen) atoms. The van der Waals surface area contributed by atoms with Gasteiger partial charge in [-0.3, -0.25) is 4.55 Å². The van der Waals surface area contributed by atoms with E-state index in [2.05, 4.69) is 0 Å². The zero-order valence-corrected chi connectivity index (χ0v) is 11.3. The minimum atomic E-state index is -4.19.